The van der Waals surface area contributed by atoms with Crippen LogP contribution in [-0.2, 0) is 10.1 Å². The molecule has 1 aliphatic carbocycles. The van der Waals surface area contributed by atoms with Crippen LogP contribution in [0.15, 0.2) is 0 Å². The van der Waals surface area contributed by atoms with Gasteiger partial charge in [-0.05, 0) is 25.8 Å². The van der Waals surface area contributed by atoms with Crippen molar-refractivity contribution in [3.05, 3.63) is 0 Å². The van der Waals surface area contributed by atoms with Crippen molar-refractivity contribution in [2.24, 2.45) is 5.73 Å². The summed E-state index contributed by atoms with van der Waals surface area (Å²) in [5.74, 6) is -0.177. The Morgan fingerprint density at radius 1 is 1.21 bits per heavy atom. The van der Waals surface area contributed by atoms with Crippen LogP contribution in [0.1, 0.15) is 58.3 Å². The van der Waals surface area contributed by atoms with Gasteiger partial charge in [0.25, 0.3) is 10.1 Å². The van der Waals surface area contributed by atoms with Crippen molar-refractivity contribution in [3.8, 4) is 0 Å². The molecule has 0 aromatic heterocycles. The SMILES string of the molecule is CCCCCN.O=S(=O)(O)CCNC1CCCCC1. The summed E-state index contributed by atoms with van der Waals surface area (Å²) in [6.07, 6.45) is 9.75. The van der Waals surface area contributed by atoms with E-state index >= 15 is 0 Å². The Morgan fingerprint density at radius 2 is 1.84 bits per heavy atom. The summed E-state index contributed by atoms with van der Waals surface area (Å²) in [5, 5.41) is 3.14. The normalized spacial score (nSPS) is 16.8. The summed E-state index contributed by atoms with van der Waals surface area (Å²) >= 11 is 0. The van der Waals surface area contributed by atoms with Crippen LogP contribution in [-0.4, -0.2) is 37.9 Å². The van der Waals surface area contributed by atoms with Gasteiger partial charge in [0.15, 0.2) is 0 Å². The topological polar surface area (TPSA) is 92.4 Å². The molecule has 0 bridgehead atoms. The average Bonchev–Trinajstić information content (AvgIpc) is 2.37. The fourth-order valence-corrected chi connectivity index (χ4v) is 2.47. The lowest BCUT2D eigenvalue weighted by Crippen LogP contribution is -2.34. The summed E-state index contributed by atoms with van der Waals surface area (Å²) in [7, 11) is -3.79. The molecule has 0 aromatic rings. The van der Waals surface area contributed by atoms with Crippen molar-refractivity contribution in [1.29, 1.82) is 0 Å². The van der Waals surface area contributed by atoms with Crippen molar-refractivity contribution >= 4 is 10.1 Å². The van der Waals surface area contributed by atoms with E-state index in [9.17, 15) is 8.42 Å². The van der Waals surface area contributed by atoms with Gasteiger partial charge in [-0.15, -0.1) is 0 Å². The zero-order valence-corrected chi connectivity index (χ0v) is 12.9. The first-order valence-corrected chi connectivity index (χ1v) is 8.99. The minimum atomic E-state index is -3.79. The van der Waals surface area contributed by atoms with Crippen molar-refractivity contribution < 1.29 is 13.0 Å². The van der Waals surface area contributed by atoms with E-state index < -0.39 is 10.1 Å². The van der Waals surface area contributed by atoms with Gasteiger partial charge in [-0.2, -0.15) is 8.42 Å². The highest BCUT2D eigenvalue weighted by molar-refractivity contribution is 7.85. The predicted molar refractivity (Wildman–Crippen MR) is 79.9 cm³/mol. The second-order valence-electron chi connectivity index (χ2n) is 5.07. The highest BCUT2D eigenvalue weighted by atomic mass is 32.2. The van der Waals surface area contributed by atoms with Gasteiger partial charge >= 0.3 is 0 Å². The first kappa shape index (κ1) is 18.8. The molecule has 0 atom stereocenters. The Balaban J connectivity index is 0.000000459. The van der Waals surface area contributed by atoms with Gasteiger partial charge < -0.3 is 11.1 Å². The molecule has 0 radical (unpaired) electrons. The van der Waals surface area contributed by atoms with E-state index in [1.165, 1.54) is 38.5 Å². The molecule has 1 aliphatic rings. The molecular weight excluding hydrogens is 264 g/mol. The number of hydrogen-bond donors (Lipinski definition) is 3. The van der Waals surface area contributed by atoms with Gasteiger partial charge in [0, 0.05) is 12.6 Å². The molecule has 0 heterocycles. The van der Waals surface area contributed by atoms with E-state index in [1.807, 2.05) is 0 Å². The fraction of sp³-hybridized carbons (Fsp3) is 1.00. The van der Waals surface area contributed by atoms with Crippen molar-refractivity contribution in [1.82, 2.24) is 5.32 Å². The Kier molecular flexibility index (Phi) is 11.5. The maximum Gasteiger partial charge on any atom is 0.266 e. The van der Waals surface area contributed by atoms with Crippen LogP contribution >= 0.6 is 0 Å². The Labute approximate surface area is 118 Å². The van der Waals surface area contributed by atoms with Crippen molar-refractivity contribution in [2.75, 3.05) is 18.8 Å². The van der Waals surface area contributed by atoms with Crippen molar-refractivity contribution in [2.45, 2.75) is 64.3 Å². The highest BCUT2D eigenvalue weighted by Crippen LogP contribution is 2.16. The molecule has 0 unspecified atom stereocenters. The van der Waals surface area contributed by atoms with Crippen molar-refractivity contribution in [3.63, 3.8) is 0 Å². The fourth-order valence-electron chi connectivity index (χ4n) is 2.09. The average molecular weight is 294 g/mol. The zero-order chi connectivity index (χ0) is 14.6. The predicted octanol–water partition coefficient (Wildman–Crippen LogP) is 1.93. The van der Waals surface area contributed by atoms with Crippen LogP contribution in [0.3, 0.4) is 0 Å². The standard InChI is InChI=1S/C8H17NO3S.C5H13N/c10-13(11,12)7-6-9-8-4-2-1-3-5-8;1-2-3-4-5-6/h8-9H,1-7H2,(H,10,11,12);2-6H2,1H3. The molecular formula is C13H30N2O3S. The summed E-state index contributed by atoms with van der Waals surface area (Å²) in [6, 6.07) is 0.454. The van der Waals surface area contributed by atoms with E-state index in [-0.39, 0.29) is 5.75 Å². The third-order valence-corrected chi connectivity index (χ3v) is 3.93. The second kappa shape index (κ2) is 11.6. The number of nitrogens with two attached hydrogens (primary N) is 1. The van der Waals surface area contributed by atoms with Gasteiger partial charge in [-0.1, -0.05) is 39.0 Å². The lowest BCUT2D eigenvalue weighted by Gasteiger charge is -2.22. The quantitative estimate of drug-likeness (QED) is 0.493. The Bertz CT molecular complexity index is 284. The van der Waals surface area contributed by atoms with Gasteiger partial charge in [-0.3, -0.25) is 4.55 Å². The molecule has 0 amide bonds. The van der Waals surface area contributed by atoms with Crippen LogP contribution in [0.25, 0.3) is 0 Å². The molecule has 6 heteroatoms. The first-order valence-electron chi connectivity index (χ1n) is 7.38. The molecule has 1 fully saturated rings. The monoisotopic (exact) mass is 294 g/mol. The molecule has 1 rings (SSSR count). The maximum atomic E-state index is 10.4. The smallest absolute Gasteiger partial charge is 0.266 e. The Morgan fingerprint density at radius 3 is 2.26 bits per heavy atom. The summed E-state index contributed by atoms with van der Waals surface area (Å²) < 4.78 is 29.3. The number of nitrogens with one attached hydrogen (secondary N) is 1. The molecule has 4 N–H and O–H groups in total. The van der Waals surface area contributed by atoms with Gasteiger partial charge in [0.05, 0.1) is 5.75 Å². The van der Waals surface area contributed by atoms with Gasteiger partial charge in [0.1, 0.15) is 0 Å². The highest BCUT2D eigenvalue weighted by Gasteiger charge is 2.13. The van der Waals surface area contributed by atoms with E-state index in [4.69, 9.17) is 10.3 Å². The molecule has 5 nitrogen and oxygen atoms in total. The Hall–Kier alpha value is -0.170. The third kappa shape index (κ3) is 14.1. The van der Waals surface area contributed by atoms with Crippen LogP contribution in [0, 0.1) is 0 Å². The lowest BCUT2D eigenvalue weighted by atomic mass is 9.96. The van der Waals surface area contributed by atoms with Gasteiger partial charge in [-0.25, -0.2) is 0 Å². The summed E-state index contributed by atoms with van der Waals surface area (Å²) in [4.78, 5) is 0. The number of rotatable bonds is 7. The molecule has 0 aromatic carbocycles. The molecule has 116 valence electrons. The van der Waals surface area contributed by atoms with Gasteiger partial charge in [0.2, 0.25) is 0 Å². The van der Waals surface area contributed by atoms with Crippen LogP contribution in [0.5, 0.6) is 0 Å². The van der Waals surface area contributed by atoms with E-state index in [1.54, 1.807) is 0 Å². The summed E-state index contributed by atoms with van der Waals surface area (Å²) in [5.41, 5.74) is 5.21. The third-order valence-electron chi connectivity index (χ3n) is 3.21. The molecule has 0 saturated heterocycles. The minimum absolute atomic E-state index is 0.177. The van der Waals surface area contributed by atoms with Crippen LogP contribution < -0.4 is 11.1 Å². The zero-order valence-electron chi connectivity index (χ0n) is 12.1. The largest absolute Gasteiger partial charge is 0.330 e. The number of unbranched alkanes of at least 4 members (excludes halogenated alkanes) is 2. The molecule has 1 saturated carbocycles. The maximum absolute atomic E-state index is 10.4. The summed E-state index contributed by atoms with van der Waals surface area (Å²) in [6.45, 7) is 3.40. The van der Waals surface area contributed by atoms with Crippen LogP contribution in [0.4, 0.5) is 0 Å². The van der Waals surface area contributed by atoms with E-state index in [2.05, 4.69) is 12.2 Å². The number of hydrogen-bond acceptors (Lipinski definition) is 4. The second-order valence-corrected chi connectivity index (χ2v) is 6.64. The van der Waals surface area contributed by atoms with E-state index in [0.717, 1.165) is 19.4 Å². The minimum Gasteiger partial charge on any atom is -0.330 e. The van der Waals surface area contributed by atoms with Crippen LogP contribution in [0.2, 0.25) is 0 Å². The molecule has 19 heavy (non-hydrogen) atoms. The lowest BCUT2D eigenvalue weighted by molar-refractivity contribution is 0.378. The molecule has 0 aliphatic heterocycles. The van der Waals surface area contributed by atoms with E-state index in [0.29, 0.717) is 12.6 Å². The first-order chi connectivity index (χ1) is 8.99. The molecule has 0 spiro atoms.